The van der Waals surface area contributed by atoms with E-state index in [1.165, 1.54) is 0 Å². The Hall–Kier alpha value is -0.400. The van der Waals surface area contributed by atoms with Crippen molar-refractivity contribution in [2.24, 2.45) is 5.92 Å². The second kappa shape index (κ2) is 4.23. The van der Waals surface area contributed by atoms with Crippen LogP contribution in [0.4, 0.5) is 0 Å². The third-order valence-electron chi connectivity index (χ3n) is 1.89. The molecule has 1 aliphatic rings. The Bertz CT molecular complexity index is 423. The van der Waals surface area contributed by atoms with E-state index in [-0.39, 0.29) is 15.1 Å². The summed E-state index contributed by atoms with van der Waals surface area (Å²) in [5.41, 5.74) is 0. The molecule has 0 radical (unpaired) electrons. The molecule has 1 aliphatic carbocycles. The molecule has 1 N–H and O–H groups in total. The summed E-state index contributed by atoms with van der Waals surface area (Å²) < 4.78 is 0. The first-order chi connectivity index (χ1) is 6.84. The quantitative estimate of drug-likeness (QED) is 0.754. The molecule has 0 spiro atoms. The minimum Gasteiger partial charge on any atom is -0.481 e. The van der Waals surface area contributed by atoms with Gasteiger partial charge >= 0.3 is 5.97 Å². The molecule has 2 unspecified atom stereocenters. The number of rotatable bonds is 1. The zero-order chi connectivity index (χ0) is 11.8. The fourth-order valence-electron chi connectivity index (χ4n) is 1.10. The Morgan fingerprint density at radius 3 is 2.47 bits per heavy atom. The summed E-state index contributed by atoms with van der Waals surface area (Å²) in [6, 6.07) is 1.62. The van der Waals surface area contributed by atoms with Crippen molar-refractivity contribution in [3.05, 3.63) is 21.2 Å². The van der Waals surface area contributed by atoms with Gasteiger partial charge in [0.1, 0.15) is 5.92 Å². The third-order valence-corrected chi connectivity index (χ3v) is 3.89. The van der Waals surface area contributed by atoms with E-state index < -0.39 is 16.8 Å². The molecular weight excluding hydrogens is 284 g/mol. The number of carboxylic acid groups (broad SMARTS) is 1. The minimum absolute atomic E-state index is 0.0272. The van der Waals surface area contributed by atoms with Crippen LogP contribution in [0.1, 0.15) is 0 Å². The van der Waals surface area contributed by atoms with Crippen molar-refractivity contribution in [2.45, 2.75) is 4.87 Å². The molecule has 0 aliphatic heterocycles. The molecule has 0 bridgehead atoms. The van der Waals surface area contributed by atoms with Crippen molar-refractivity contribution in [1.82, 2.24) is 0 Å². The van der Waals surface area contributed by atoms with Crippen molar-refractivity contribution in [2.75, 3.05) is 0 Å². The average Bonchev–Trinajstić information content (AvgIpc) is 2.20. The van der Waals surface area contributed by atoms with E-state index in [1.54, 1.807) is 6.07 Å². The minimum atomic E-state index is -1.90. The molecule has 2 atom stereocenters. The van der Waals surface area contributed by atoms with Gasteiger partial charge in [-0.2, -0.15) is 5.26 Å². The lowest BCUT2D eigenvalue weighted by Crippen LogP contribution is -2.37. The van der Waals surface area contributed by atoms with Gasteiger partial charge in [0.05, 0.1) is 21.2 Å². The van der Waals surface area contributed by atoms with Crippen molar-refractivity contribution in [1.29, 1.82) is 5.26 Å². The van der Waals surface area contributed by atoms with Crippen LogP contribution in [0.15, 0.2) is 21.2 Å². The maximum atomic E-state index is 10.9. The van der Waals surface area contributed by atoms with Crippen LogP contribution in [0.3, 0.4) is 0 Å². The van der Waals surface area contributed by atoms with E-state index in [4.69, 9.17) is 56.8 Å². The second-order valence-corrected chi connectivity index (χ2v) is 4.54. The highest BCUT2D eigenvalue weighted by atomic mass is 35.5. The lowest BCUT2D eigenvalue weighted by atomic mass is 9.88. The van der Waals surface area contributed by atoms with Gasteiger partial charge in [0.25, 0.3) is 0 Å². The van der Waals surface area contributed by atoms with Crippen molar-refractivity contribution in [3.8, 4) is 6.07 Å². The Labute approximate surface area is 105 Å². The second-order valence-electron chi connectivity index (χ2n) is 2.78. The molecule has 0 aromatic rings. The van der Waals surface area contributed by atoms with Gasteiger partial charge in [-0.05, 0) is 6.08 Å². The van der Waals surface area contributed by atoms with Crippen molar-refractivity contribution < 1.29 is 9.90 Å². The summed E-state index contributed by atoms with van der Waals surface area (Å²) in [6.45, 7) is 0. The molecule has 1 rings (SSSR count). The van der Waals surface area contributed by atoms with Crippen LogP contribution in [0.5, 0.6) is 0 Å². The molecule has 7 heteroatoms. The number of alkyl halides is 1. The first kappa shape index (κ1) is 12.7. The average molecular weight is 287 g/mol. The molecule has 0 aromatic carbocycles. The standard InChI is InChI=1S/C8H3Cl4NO2/c9-4-1-3(7(14)15)8(12,2-13)6(11)5(4)10/h1,3H,(H,14,15). The summed E-state index contributed by atoms with van der Waals surface area (Å²) in [6.07, 6.45) is 1.09. The smallest absolute Gasteiger partial charge is 0.313 e. The maximum absolute atomic E-state index is 10.9. The zero-order valence-electron chi connectivity index (χ0n) is 6.97. The Balaban J connectivity index is 3.39. The van der Waals surface area contributed by atoms with E-state index in [1.807, 2.05) is 0 Å². The van der Waals surface area contributed by atoms with Gasteiger partial charge < -0.3 is 5.11 Å². The Morgan fingerprint density at radius 2 is 2.07 bits per heavy atom. The summed E-state index contributed by atoms with van der Waals surface area (Å²) in [7, 11) is 0. The molecule has 0 fully saturated rings. The highest BCUT2D eigenvalue weighted by Crippen LogP contribution is 2.46. The number of carboxylic acids is 1. The van der Waals surface area contributed by atoms with Crippen LogP contribution in [0, 0.1) is 17.2 Å². The van der Waals surface area contributed by atoms with Crippen molar-refractivity contribution in [3.63, 3.8) is 0 Å². The third kappa shape index (κ3) is 1.95. The number of carbonyl (C=O) groups is 1. The van der Waals surface area contributed by atoms with Crippen LogP contribution in [-0.2, 0) is 4.79 Å². The molecule has 0 saturated heterocycles. The van der Waals surface area contributed by atoms with Gasteiger partial charge in [0, 0.05) is 0 Å². The van der Waals surface area contributed by atoms with Gasteiger partial charge in [-0.1, -0.05) is 46.4 Å². The molecule has 0 heterocycles. The largest absolute Gasteiger partial charge is 0.481 e. The van der Waals surface area contributed by atoms with Gasteiger partial charge in [-0.3, -0.25) is 4.79 Å². The lowest BCUT2D eigenvalue weighted by Gasteiger charge is -2.28. The van der Waals surface area contributed by atoms with Gasteiger partial charge in [0.15, 0.2) is 4.87 Å². The monoisotopic (exact) mass is 285 g/mol. The number of hydrogen-bond acceptors (Lipinski definition) is 2. The van der Waals surface area contributed by atoms with Crippen LogP contribution in [0.25, 0.3) is 0 Å². The van der Waals surface area contributed by atoms with E-state index in [9.17, 15) is 4.79 Å². The predicted octanol–water partition coefficient (Wildman–Crippen LogP) is 3.01. The lowest BCUT2D eigenvalue weighted by molar-refractivity contribution is -0.140. The normalized spacial score (nSPS) is 30.9. The first-order valence-electron chi connectivity index (χ1n) is 3.61. The summed E-state index contributed by atoms with van der Waals surface area (Å²) in [5.74, 6) is -2.63. The van der Waals surface area contributed by atoms with Gasteiger partial charge in [0.2, 0.25) is 0 Å². The highest BCUT2D eigenvalue weighted by Gasteiger charge is 2.48. The number of aliphatic carboxylic acids is 1. The van der Waals surface area contributed by atoms with E-state index in [0.29, 0.717) is 0 Å². The summed E-state index contributed by atoms with van der Waals surface area (Å²) in [5, 5.41) is 17.3. The zero-order valence-corrected chi connectivity index (χ0v) is 9.99. The number of hydrogen-bond donors (Lipinski definition) is 1. The number of nitriles is 1. The van der Waals surface area contributed by atoms with Crippen LogP contribution < -0.4 is 0 Å². The molecule has 0 amide bonds. The summed E-state index contributed by atoms with van der Waals surface area (Å²) >= 11 is 22.8. The molecule has 15 heavy (non-hydrogen) atoms. The topological polar surface area (TPSA) is 61.1 Å². The molecule has 80 valence electrons. The van der Waals surface area contributed by atoms with Crippen molar-refractivity contribution >= 4 is 52.4 Å². The van der Waals surface area contributed by atoms with Gasteiger partial charge in [-0.25, -0.2) is 0 Å². The number of halogens is 4. The highest BCUT2D eigenvalue weighted by molar-refractivity contribution is 6.52. The number of nitrogens with zero attached hydrogens (tertiary/aromatic N) is 1. The Kier molecular flexibility index (Phi) is 3.57. The Morgan fingerprint density at radius 1 is 1.53 bits per heavy atom. The molecule has 0 aromatic heterocycles. The fourth-order valence-corrected chi connectivity index (χ4v) is 2.14. The van der Waals surface area contributed by atoms with Crippen LogP contribution in [-0.4, -0.2) is 16.0 Å². The maximum Gasteiger partial charge on any atom is 0.313 e. The molecule has 0 saturated carbocycles. The number of allylic oxidation sites excluding steroid dienone is 3. The van der Waals surface area contributed by atoms with E-state index in [0.717, 1.165) is 6.08 Å². The predicted molar refractivity (Wildman–Crippen MR) is 58.0 cm³/mol. The van der Waals surface area contributed by atoms with Gasteiger partial charge in [-0.15, -0.1) is 0 Å². The van der Waals surface area contributed by atoms with E-state index >= 15 is 0 Å². The van der Waals surface area contributed by atoms with E-state index in [2.05, 4.69) is 0 Å². The van der Waals surface area contributed by atoms with Crippen LogP contribution in [0.2, 0.25) is 0 Å². The molecular formula is C8H3Cl4NO2. The SMILES string of the molecule is N#CC1(Cl)C(Cl)=C(Cl)C(Cl)=CC1C(=O)O. The fraction of sp³-hybridized carbons (Fsp3) is 0.250. The first-order valence-corrected chi connectivity index (χ1v) is 5.12. The molecule has 3 nitrogen and oxygen atoms in total. The van der Waals surface area contributed by atoms with Crippen LogP contribution >= 0.6 is 46.4 Å². The summed E-state index contributed by atoms with van der Waals surface area (Å²) in [4.78, 5) is 8.96.